The lowest BCUT2D eigenvalue weighted by Crippen LogP contribution is -2.38. The van der Waals surface area contributed by atoms with E-state index in [1.54, 1.807) is 6.92 Å². The Balaban J connectivity index is 3.39. The van der Waals surface area contributed by atoms with Crippen molar-refractivity contribution in [3.05, 3.63) is 12.2 Å². The molecular formula is C13H22N2O5. The summed E-state index contributed by atoms with van der Waals surface area (Å²) in [6.07, 6.45) is 2.24. The van der Waals surface area contributed by atoms with Gasteiger partial charge in [-0.1, -0.05) is 13.0 Å². The van der Waals surface area contributed by atoms with Gasteiger partial charge in [0.05, 0.1) is 6.54 Å². The smallest absolute Gasteiger partial charge is 0.333 e. The Morgan fingerprint density at radius 1 is 1.10 bits per heavy atom. The molecule has 0 radical (unpaired) electrons. The summed E-state index contributed by atoms with van der Waals surface area (Å²) in [5.74, 6) is -1.29. The first-order chi connectivity index (χ1) is 9.43. The molecule has 0 fully saturated rings. The quantitative estimate of drug-likeness (QED) is 0.316. The van der Waals surface area contributed by atoms with Crippen LogP contribution < -0.4 is 10.6 Å². The fourth-order valence-corrected chi connectivity index (χ4v) is 1.27. The molecule has 20 heavy (non-hydrogen) atoms. The van der Waals surface area contributed by atoms with Crippen LogP contribution in [0.25, 0.3) is 0 Å². The Labute approximate surface area is 118 Å². The van der Waals surface area contributed by atoms with Crippen LogP contribution in [-0.2, 0) is 14.3 Å². The van der Waals surface area contributed by atoms with Gasteiger partial charge in [-0.25, -0.2) is 9.59 Å². The van der Waals surface area contributed by atoms with Crippen LogP contribution in [0.2, 0.25) is 0 Å². The second kappa shape index (κ2) is 10.8. The molecule has 0 aromatic heterocycles. The van der Waals surface area contributed by atoms with Gasteiger partial charge in [-0.15, -0.1) is 0 Å². The molecule has 0 spiro atoms. The van der Waals surface area contributed by atoms with Crippen LogP contribution in [0.15, 0.2) is 12.2 Å². The SMILES string of the molecule is C=C(C)C(=O)OCCNC(=O)NCCCCCC(=O)O. The van der Waals surface area contributed by atoms with E-state index in [0.29, 0.717) is 18.5 Å². The van der Waals surface area contributed by atoms with E-state index in [1.807, 2.05) is 0 Å². The second-order valence-electron chi connectivity index (χ2n) is 4.30. The van der Waals surface area contributed by atoms with Gasteiger partial charge < -0.3 is 20.5 Å². The highest BCUT2D eigenvalue weighted by molar-refractivity contribution is 5.86. The zero-order valence-corrected chi connectivity index (χ0v) is 11.7. The number of urea groups is 1. The summed E-state index contributed by atoms with van der Waals surface area (Å²) in [5.41, 5.74) is 0.316. The maximum Gasteiger partial charge on any atom is 0.333 e. The van der Waals surface area contributed by atoms with Crippen molar-refractivity contribution in [2.24, 2.45) is 0 Å². The van der Waals surface area contributed by atoms with E-state index in [9.17, 15) is 14.4 Å². The minimum atomic E-state index is -0.806. The Hall–Kier alpha value is -2.05. The van der Waals surface area contributed by atoms with Gasteiger partial charge in [-0.3, -0.25) is 4.79 Å². The van der Waals surface area contributed by atoms with Crippen LogP contribution in [0.5, 0.6) is 0 Å². The highest BCUT2D eigenvalue weighted by atomic mass is 16.5. The van der Waals surface area contributed by atoms with Crippen molar-refractivity contribution in [3.8, 4) is 0 Å². The lowest BCUT2D eigenvalue weighted by molar-refractivity contribution is -0.139. The molecule has 0 saturated carbocycles. The van der Waals surface area contributed by atoms with Gasteiger partial charge in [-0.05, 0) is 19.8 Å². The van der Waals surface area contributed by atoms with Gasteiger partial charge in [0.15, 0.2) is 0 Å². The molecule has 0 bridgehead atoms. The van der Waals surface area contributed by atoms with Gasteiger partial charge in [0.2, 0.25) is 0 Å². The van der Waals surface area contributed by atoms with E-state index in [2.05, 4.69) is 17.2 Å². The number of carbonyl (C=O) groups excluding carboxylic acids is 2. The van der Waals surface area contributed by atoms with Crippen molar-refractivity contribution in [3.63, 3.8) is 0 Å². The predicted octanol–water partition coefficient (Wildman–Crippen LogP) is 1.05. The van der Waals surface area contributed by atoms with Crippen molar-refractivity contribution in [1.29, 1.82) is 0 Å². The fraction of sp³-hybridized carbons (Fsp3) is 0.615. The van der Waals surface area contributed by atoms with Crippen molar-refractivity contribution < 1.29 is 24.2 Å². The highest BCUT2D eigenvalue weighted by Gasteiger charge is 2.03. The summed E-state index contributed by atoms with van der Waals surface area (Å²) in [6.45, 7) is 5.79. The largest absolute Gasteiger partial charge is 0.481 e. The third-order valence-corrected chi connectivity index (χ3v) is 2.32. The summed E-state index contributed by atoms with van der Waals surface area (Å²) in [5, 5.41) is 13.6. The van der Waals surface area contributed by atoms with Crippen molar-refractivity contribution in [1.82, 2.24) is 10.6 Å². The monoisotopic (exact) mass is 286 g/mol. The molecule has 0 atom stereocenters. The number of nitrogens with one attached hydrogen (secondary N) is 2. The van der Waals surface area contributed by atoms with E-state index in [1.165, 1.54) is 0 Å². The summed E-state index contributed by atoms with van der Waals surface area (Å²) >= 11 is 0. The molecule has 3 N–H and O–H groups in total. The van der Waals surface area contributed by atoms with Crippen LogP contribution in [0.1, 0.15) is 32.6 Å². The van der Waals surface area contributed by atoms with Crippen LogP contribution in [0.4, 0.5) is 4.79 Å². The molecule has 0 unspecified atom stereocenters. The Kier molecular flexibility index (Phi) is 9.72. The van der Waals surface area contributed by atoms with Crippen LogP contribution in [0, 0.1) is 0 Å². The average molecular weight is 286 g/mol. The number of amides is 2. The second-order valence-corrected chi connectivity index (χ2v) is 4.30. The maximum absolute atomic E-state index is 11.3. The van der Waals surface area contributed by atoms with Crippen molar-refractivity contribution >= 4 is 18.0 Å². The molecule has 0 rings (SSSR count). The zero-order chi connectivity index (χ0) is 15.4. The number of carboxylic acids is 1. The summed E-state index contributed by atoms with van der Waals surface area (Å²) in [4.78, 5) is 32.6. The number of carbonyl (C=O) groups is 3. The van der Waals surface area contributed by atoms with E-state index >= 15 is 0 Å². The maximum atomic E-state index is 11.3. The standard InChI is InChI=1S/C13H22N2O5/c1-10(2)12(18)20-9-8-15-13(19)14-7-5-3-4-6-11(16)17/h1,3-9H2,2H3,(H,16,17)(H2,14,15,19). The summed E-state index contributed by atoms with van der Waals surface area (Å²) in [7, 11) is 0. The van der Waals surface area contributed by atoms with Crippen LogP contribution >= 0.6 is 0 Å². The molecule has 114 valence electrons. The van der Waals surface area contributed by atoms with Crippen molar-refractivity contribution in [2.75, 3.05) is 19.7 Å². The molecule has 0 aliphatic heterocycles. The molecule has 0 aromatic carbocycles. The van der Waals surface area contributed by atoms with Gasteiger partial charge in [0.1, 0.15) is 6.61 Å². The number of rotatable bonds is 10. The third kappa shape index (κ3) is 11.1. The molecule has 7 nitrogen and oxygen atoms in total. The van der Waals surface area contributed by atoms with Crippen LogP contribution in [-0.4, -0.2) is 42.8 Å². The van der Waals surface area contributed by atoms with Crippen LogP contribution in [0.3, 0.4) is 0 Å². The van der Waals surface area contributed by atoms with E-state index in [0.717, 1.165) is 12.8 Å². The van der Waals surface area contributed by atoms with Crippen molar-refractivity contribution in [2.45, 2.75) is 32.6 Å². The minimum Gasteiger partial charge on any atom is -0.481 e. The van der Waals surface area contributed by atoms with E-state index < -0.39 is 11.9 Å². The zero-order valence-electron chi connectivity index (χ0n) is 11.7. The normalized spacial score (nSPS) is 9.65. The molecule has 0 aliphatic rings. The first-order valence-corrected chi connectivity index (χ1v) is 6.49. The molecule has 7 heteroatoms. The first-order valence-electron chi connectivity index (χ1n) is 6.49. The predicted molar refractivity (Wildman–Crippen MR) is 73.3 cm³/mol. The highest BCUT2D eigenvalue weighted by Crippen LogP contribution is 1.98. The summed E-state index contributed by atoms with van der Waals surface area (Å²) in [6, 6.07) is -0.338. The number of unbranched alkanes of at least 4 members (excludes halogenated alkanes) is 2. The number of ether oxygens (including phenoxy) is 1. The molecule has 0 aliphatic carbocycles. The lowest BCUT2D eigenvalue weighted by Gasteiger charge is -2.08. The number of hydrogen-bond donors (Lipinski definition) is 3. The molecule has 0 aromatic rings. The topological polar surface area (TPSA) is 105 Å². The molecular weight excluding hydrogens is 264 g/mol. The number of hydrogen-bond acceptors (Lipinski definition) is 4. The summed E-state index contributed by atoms with van der Waals surface area (Å²) < 4.78 is 4.80. The van der Waals surface area contributed by atoms with Gasteiger partial charge in [0, 0.05) is 18.5 Å². The number of aliphatic carboxylic acids is 1. The number of esters is 1. The lowest BCUT2D eigenvalue weighted by atomic mass is 10.2. The van der Waals surface area contributed by atoms with Gasteiger partial charge in [0.25, 0.3) is 0 Å². The average Bonchev–Trinajstić information content (AvgIpc) is 2.37. The number of carboxylic acid groups (broad SMARTS) is 1. The Morgan fingerprint density at radius 2 is 1.75 bits per heavy atom. The van der Waals surface area contributed by atoms with Gasteiger partial charge >= 0.3 is 18.0 Å². The fourth-order valence-electron chi connectivity index (χ4n) is 1.27. The van der Waals surface area contributed by atoms with E-state index in [4.69, 9.17) is 9.84 Å². The van der Waals surface area contributed by atoms with Gasteiger partial charge in [-0.2, -0.15) is 0 Å². The minimum absolute atomic E-state index is 0.0950. The third-order valence-electron chi connectivity index (χ3n) is 2.32. The molecule has 2 amide bonds. The Morgan fingerprint density at radius 3 is 2.35 bits per heavy atom. The molecule has 0 saturated heterocycles. The molecule has 0 heterocycles. The Bertz CT molecular complexity index is 355. The van der Waals surface area contributed by atoms with E-state index in [-0.39, 0.29) is 25.6 Å². The first kappa shape index (κ1) is 17.9.